The molecule has 0 aliphatic heterocycles. The van der Waals surface area contributed by atoms with Gasteiger partial charge in [-0.3, -0.25) is 0 Å². The lowest BCUT2D eigenvalue weighted by atomic mass is 9.99. The van der Waals surface area contributed by atoms with E-state index in [0.717, 1.165) is 0 Å². The normalized spacial score (nSPS) is 17.2. The van der Waals surface area contributed by atoms with Crippen LogP contribution < -0.4 is 5.73 Å². The van der Waals surface area contributed by atoms with E-state index in [1.165, 1.54) is 34.0 Å². The molecular formula is C11H14IN. The van der Waals surface area contributed by atoms with Gasteiger partial charge in [-0.1, -0.05) is 6.07 Å². The highest BCUT2D eigenvalue weighted by Gasteiger charge is 2.18. The number of nitrogens with two attached hydrogens (primary N) is 1. The van der Waals surface area contributed by atoms with Crippen molar-refractivity contribution >= 4 is 22.6 Å². The molecule has 0 radical (unpaired) electrons. The Morgan fingerprint density at radius 2 is 2.00 bits per heavy atom. The first-order valence-corrected chi connectivity index (χ1v) is 5.83. The molecule has 2 N–H and O–H groups in total. The fourth-order valence-corrected chi connectivity index (χ4v) is 2.89. The Morgan fingerprint density at radius 1 is 1.31 bits per heavy atom. The van der Waals surface area contributed by atoms with Crippen LogP contribution >= 0.6 is 22.6 Å². The Bertz CT molecular complexity index is 331. The predicted octanol–water partition coefficient (Wildman–Crippen LogP) is 2.80. The maximum Gasteiger partial charge on any atom is 0.0268 e. The molecule has 0 fully saturated rings. The molecule has 0 bridgehead atoms. The van der Waals surface area contributed by atoms with Crippen molar-refractivity contribution in [2.75, 3.05) is 0 Å². The Balaban J connectivity index is 2.56. The second kappa shape index (κ2) is 3.58. The van der Waals surface area contributed by atoms with Gasteiger partial charge < -0.3 is 5.73 Å². The van der Waals surface area contributed by atoms with Gasteiger partial charge in [-0.15, -0.1) is 0 Å². The van der Waals surface area contributed by atoms with Crippen molar-refractivity contribution in [1.29, 1.82) is 0 Å². The smallest absolute Gasteiger partial charge is 0.0268 e. The van der Waals surface area contributed by atoms with Crippen molar-refractivity contribution in [3.63, 3.8) is 0 Å². The van der Waals surface area contributed by atoms with E-state index in [4.69, 9.17) is 5.73 Å². The molecule has 1 aromatic rings. The zero-order valence-corrected chi connectivity index (χ0v) is 9.97. The summed E-state index contributed by atoms with van der Waals surface area (Å²) in [5.41, 5.74) is 10.4. The summed E-state index contributed by atoms with van der Waals surface area (Å²) in [6.07, 6.45) is 3.77. The quantitative estimate of drug-likeness (QED) is 0.790. The third-order valence-corrected chi connectivity index (χ3v) is 3.77. The van der Waals surface area contributed by atoms with Crippen LogP contribution in [-0.2, 0) is 12.8 Å². The van der Waals surface area contributed by atoms with Gasteiger partial charge in [0.05, 0.1) is 0 Å². The van der Waals surface area contributed by atoms with E-state index >= 15 is 0 Å². The second-order valence-corrected chi connectivity index (χ2v) is 4.90. The third-order valence-electron chi connectivity index (χ3n) is 2.75. The maximum atomic E-state index is 5.93. The summed E-state index contributed by atoms with van der Waals surface area (Å²) in [5, 5.41) is 0. The average Bonchev–Trinajstić information content (AvgIpc) is 2.53. The van der Waals surface area contributed by atoms with Gasteiger partial charge in [-0.05, 0) is 71.5 Å². The van der Waals surface area contributed by atoms with E-state index in [1.807, 2.05) is 0 Å². The van der Waals surface area contributed by atoms with Crippen LogP contribution in [0.1, 0.15) is 36.1 Å². The number of rotatable bonds is 1. The fourth-order valence-electron chi connectivity index (χ4n) is 2.12. The summed E-state index contributed by atoms with van der Waals surface area (Å²) in [6, 6.07) is 4.57. The van der Waals surface area contributed by atoms with Gasteiger partial charge >= 0.3 is 0 Å². The van der Waals surface area contributed by atoms with Crippen LogP contribution in [0.4, 0.5) is 0 Å². The number of hydrogen-bond acceptors (Lipinski definition) is 1. The summed E-state index contributed by atoms with van der Waals surface area (Å²) in [4.78, 5) is 0. The summed E-state index contributed by atoms with van der Waals surface area (Å²) in [7, 11) is 0. The summed E-state index contributed by atoms with van der Waals surface area (Å²) < 4.78 is 1.41. The molecule has 0 heterocycles. The predicted molar refractivity (Wildman–Crippen MR) is 63.8 cm³/mol. The average molecular weight is 287 g/mol. The van der Waals surface area contributed by atoms with E-state index in [0.29, 0.717) is 0 Å². The second-order valence-electron chi connectivity index (χ2n) is 3.74. The highest BCUT2D eigenvalue weighted by Crippen LogP contribution is 2.31. The Kier molecular flexibility index (Phi) is 2.60. The SMILES string of the molecule is C[C@H](N)c1ccc(I)c2c1CCC2. The molecule has 70 valence electrons. The molecule has 13 heavy (non-hydrogen) atoms. The first-order valence-electron chi connectivity index (χ1n) is 4.76. The molecule has 2 heteroatoms. The van der Waals surface area contributed by atoms with E-state index in [2.05, 4.69) is 41.6 Å². The molecule has 0 amide bonds. The molecule has 0 saturated heterocycles. The molecule has 1 atom stereocenters. The minimum atomic E-state index is 0.184. The van der Waals surface area contributed by atoms with Gasteiger partial charge in [-0.2, -0.15) is 0 Å². The first kappa shape index (κ1) is 9.46. The van der Waals surface area contributed by atoms with Gasteiger partial charge in [0.1, 0.15) is 0 Å². The van der Waals surface area contributed by atoms with Crippen molar-refractivity contribution in [3.8, 4) is 0 Å². The monoisotopic (exact) mass is 287 g/mol. The molecule has 1 aromatic carbocycles. The van der Waals surface area contributed by atoms with E-state index in [1.54, 1.807) is 5.56 Å². The largest absolute Gasteiger partial charge is 0.324 e. The highest BCUT2D eigenvalue weighted by atomic mass is 127. The van der Waals surface area contributed by atoms with Gasteiger partial charge in [0, 0.05) is 9.61 Å². The zero-order valence-electron chi connectivity index (χ0n) is 7.81. The summed E-state index contributed by atoms with van der Waals surface area (Å²) in [5.74, 6) is 0. The van der Waals surface area contributed by atoms with E-state index < -0.39 is 0 Å². The number of halogens is 1. The minimum Gasteiger partial charge on any atom is -0.324 e. The molecule has 1 nitrogen and oxygen atoms in total. The lowest BCUT2D eigenvalue weighted by molar-refractivity contribution is 0.799. The first-order chi connectivity index (χ1) is 6.20. The van der Waals surface area contributed by atoms with Crippen molar-refractivity contribution in [2.45, 2.75) is 32.2 Å². The minimum absolute atomic E-state index is 0.184. The maximum absolute atomic E-state index is 5.93. The third kappa shape index (κ3) is 1.62. The number of hydrogen-bond donors (Lipinski definition) is 1. The van der Waals surface area contributed by atoms with Crippen LogP contribution in [0.15, 0.2) is 12.1 Å². The van der Waals surface area contributed by atoms with Crippen LogP contribution in [0.25, 0.3) is 0 Å². The van der Waals surface area contributed by atoms with Crippen LogP contribution in [0.2, 0.25) is 0 Å². The van der Waals surface area contributed by atoms with Gasteiger partial charge in [0.2, 0.25) is 0 Å². The Hall–Kier alpha value is -0.0900. The fraction of sp³-hybridized carbons (Fsp3) is 0.455. The van der Waals surface area contributed by atoms with E-state index in [9.17, 15) is 0 Å². The Labute approximate surface area is 92.9 Å². The van der Waals surface area contributed by atoms with Gasteiger partial charge in [0.15, 0.2) is 0 Å². The molecule has 0 unspecified atom stereocenters. The lowest BCUT2D eigenvalue weighted by Crippen LogP contribution is -2.08. The van der Waals surface area contributed by atoms with Gasteiger partial charge in [0.25, 0.3) is 0 Å². The van der Waals surface area contributed by atoms with Gasteiger partial charge in [-0.25, -0.2) is 0 Å². The van der Waals surface area contributed by atoms with Crippen LogP contribution in [-0.4, -0.2) is 0 Å². The molecular weight excluding hydrogens is 273 g/mol. The summed E-state index contributed by atoms with van der Waals surface area (Å²) >= 11 is 2.43. The molecule has 0 aromatic heterocycles. The number of fused-ring (bicyclic) bond motifs is 1. The van der Waals surface area contributed by atoms with Crippen molar-refractivity contribution in [3.05, 3.63) is 32.4 Å². The standard InChI is InChI=1S/C11H14IN/c1-7(13)8-5-6-11(12)10-4-2-3-9(8)10/h5-7H,2-4,13H2,1H3/t7-/m0/s1. The van der Waals surface area contributed by atoms with E-state index in [-0.39, 0.29) is 6.04 Å². The molecule has 1 aliphatic carbocycles. The van der Waals surface area contributed by atoms with Crippen LogP contribution in [0.3, 0.4) is 0 Å². The summed E-state index contributed by atoms with van der Waals surface area (Å²) in [6.45, 7) is 2.07. The van der Waals surface area contributed by atoms with Crippen molar-refractivity contribution in [1.82, 2.24) is 0 Å². The molecule has 0 spiro atoms. The topological polar surface area (TPSA) is 26.0 Å². The highest BCUT2D eigenvalue weighted by molar-refractivity contribution is 14.1. The zero-order chi connectivity index (χ0) is 9.42. The van der Waals surface area contributed by atoms with Crippen LogP contribution in [0, 0.1) is 3.57 Å². The number of benzene rings is 1. The molecule has 1 aliphatic rings. The lowest BCUT2D eigenvalue weighted by Gasteiger charge is -2.12. The van der Waals surface area contributed by atoms with Crippen molar-refractivity contribution < 1.29 is 0 Å². The Morgan fingerprint density at radius 3 is 2.69 bits per heavy atom. The molecule has 0 saturated carbocycles. The van der Waals surface area contributed by atoms with Crippen molar-refractivity contribution in [2.24, 2.45) is 5.73 Å². The molecule has 2 rings (SSSR count). The van der Waals surface area contributed by atoms with Crippen LogP contribution in [0.5, 0.6) is 0 Å².